The second kappa shape index (κ2) is 3.79. The van der Waals surface area contributed by atoms with Gasteiger partial charge in [0.1, 0.15) is 6.54 Å². The lowest BCUT2D eigenvalue weighted by molar-refractivity contribution is -0.118. The number of benzene rings is 1. The second-order valence-electron chi connectivity index (χ2n) is 3.33. The zero-order valence-electron chi connectivity index (χ0n) is 8.23. The summed E-state index contributed by atoms with van der Waals surface area (Å²) in [5.74, 6) is -0.473. The fourth-order valence-corrected chi connectivity index (χ4v) is 1.81. The van der Waals surface area contributed by atoms with Crippen molar-refractivity contribution in [3.63, 3.8) is 0 Å². The number of amides is 1. The molecule has 1 aromatic heterocycles. The van der Waals surface area contributed by atoms with E-state index in [4.69, 9.17) is 23.2 Å². The average molecular weight is 232 g/mol. The van der Waals surface area contributed by atoms with Crippen molar-refractivity contribution in [3.8, 4) is 6.07 Å². The molecule has 0 saturated heterocycles. The Bertz CT molecular complexity index is 661. The van der Waals surface area contributed by atoms with Crippen molar-refractivity contribution < 1.29 is 4.79 Å². The van der Waals surface area contributed by atoms with E-state index in [1.807, 2.05) is 6.07 Å². The summed E-state index contributed by atoms with van der Waals surface area (Å²) < 4.78 is 2.00. The summed E-state index contributed by atoms with van der Waals surface area (Å²) in [4.78, 5) is 13.8. The SMILES string of the molecule is N#Cc1ccc2[nH]c(=S)n(CC(N)=O)c2c1. The summed E-state index contributed by atoms with van der Waals surface area (Å²) in [6, 6.07) is 7.14. The van der Waals surface area contributed by atoms with Crippen LogP contribution in [0.15, 0.2) is 18.2 Å². The maximum Gasteiger partial charge on any atom is 0.237 e. The molecule has 0 saturated carbocycles. The van der Waals surface area contributed by atoms with Crippen LogP contribution >= 0.6 is 12.2 Å². The fraction of sp³-hybridized carbons (Fsp3) is 0.100. The molecule has 6 heteroatoms. The molecule has 0 aliphatic carbocycles. The van der Waals surface area contributed by atoms with Crippen LogP contribution < -0.4 is 5.73 Å². The molecule has 0 aliphatic heterocycles. The number of imidazole rings is 1. The molecule has 2 rings (SSSR count). The number of carbonyl (C=O) groups is 1. The van der Waals surface area contributed by atoms with E-state index in [2.05, 4.69) is 4.98 Å². The molecule has 0 bridgehead atoms. The van der Waals surface area contributed by atoms with E-state index < -0.39 is 5.91 Å². The van der Waals surface area contributed by atoms with E-state index in [0.29, 0.717) is 15.9 Å². The van der Waals surface area contributed by atoms with Gasteiger partial charge in [0.05, 0.1) is 22.7 Å². The molecule has 16 heavy (non-hydrogen) atoms. The number of primary amides is 1. The van der Waals surface area contributed by atoms with Crippen molar-refractivity contribution in [2.24, 2.45) is 5.73 Å². The molecule has 1 heterocycles. The minimum atomic E-state index is -0.473. The van der Waals surface area contributed by atoms with Crippen LogP contribution in [0.1, 0.15) is 5.56 Å². The molecule has 0 atom stereocenters. The summed E-state index contributed by atoms with van der Waals surface area (Å²) in [6.45, 7) is 0.00765. The van der Waals surface area contributed by atoms with Crippen LogP contribution in [0.4, 0.5) is 0 Å². The van der Waals surface area contributed by atoms with E-state index in [0.717, 1.165) is 5.52 Å². The minimum absolute atomic E-state index is 0.00765. The van der Waals surface area contributed by atoms with E-state index in [-0.39, 0.29) is 6.54 Å². The Morgan fingerprint density at radius 1 is 1.62 bits per heavy atom. The van der Waals surface area contributed by atoms with E-state index in [1.165, 1.54) is 0 Å². The third-order valence-electron chi connectivity index (χ3n) is 2.22. The number of H-pyrrole nitrogens is 1. The zero-order chi connectivity index (χ0) is 11.7. The topological polar surface area (TPSA) is 87.6 Å². The van der Waals surface area contributed by atoms with Crippen LogP contribution in [0.5, 0.6) is 0 Å². The van der Waals surface area contributed by atoms with Gasteiger partial charge in [-0.3, -0.25) is 4.79 Å². The first kappa shape index (κ1) is 10.4. The summed E-state index contributed by atoms with van der Waals surface area (Å²) in [7, 11) is 0. The third-order valence-corrected chi connectivity index (χ3v) is 2.54. The predicted molar refractivity (Wildman–Crippen MR) is 61.0 cm³/mol. The monoisotopic (exact) mass is 232 g/mol. The molecular formula is C10H8N4OS. The third kappa shape index (κ3) is 1.68. The number of nitrogens with one attached hydrogen (secondary N) is 1. The van der Waals surface area contributed by atoms with Gasteiger partial charge in [-0.05, 0) is 30.4 Å². The molecule has 0 spiro atoms. The van der Waals surface area contributed by atoms with Crippen LogP contribution in [-0.4, -0.2) is 15.5 Å². The molecule has 0 unspecified atom stereocenters. The van der Waals surface area contributed by atoms with Crippen LogP contribution in [0, 0.1) is 16.1 Å². The van der Waals surface area contributed by atoms with Gasteiger partial charge in [0.2, 0.25) is 5.91 Å². The number of fused-ring (bicyclic) bond motifs is 1. The number of aromatic amines is 1. The van der Waals surface area contributed by atoms with E-state index in [9.17, 15) is 4.79 Å². The number of nitrogens with two attached hydrogens (primary N) is 1. The number of carbonyl (C=O) groups excluding carboxylic acids is 1. The molecular weight excluding hydrogens is 224 g/mol. The first-order chi connectivity index (χ1) is 7.61. The van der Waals surface area contributed by atoms with E-state index in [1.54, 1.807) is 22.8 Å². The largest absolute Gasteiger partial charge is 0.368 e. The Hall–Kier alpha value is -2.13. The highest BCUT2D eigenvalue weighted by atomic mass is 32.1. The number of nitrogens with zero attached hydrogens (tertiary/aromatic N) is 2. The molecule has 1 amide bonds. The molecule has 0 aliphatic rings. The van der Waals surface area contributed by atoms with Gasteiger partial charge in [0.15, 0.2) is 4.77 Å². The first-order valence-electron chi connectivity index (χ1n) is 4.53. The van der Waals surface area contributed by atoms with Gasteiger partial charge in [0, 0.05) is 0 Å². The van der Waals surface area contributed by atoms with Gasteiger partial charge < -0.3 is 15.3 Å². The summed E-state index contributed by atoms with van der Waals surface area (Å²) in [5, 5.41) is 8.79. The first-order valence-corrected chi connectivity index (χ1v) is 4.93. The number of hydrogen-bond donors (Lipinski definition) is 2. The van der Waals surface area contributed by atoms with Crippen molar-refractivity contribution in [2.75, 3.05) is 0 Å². The van der Waals surface area contributed by atoms with Gasteiger partial charge in [0.25, 0.3) is 0 Å². The van der Waals surface area contributed by atoms with Crippen molar-refractivity contribution in [1.82, 2.24) is 9.55 Å². The Labute approximate surface area is 96.1 Å². The van der Waals surface area contributed by atoms with Gasteiger partial charge in [-0.1, -0.05) is 0 Å². The molecule has 3 N–H and O–H groups in total. The molecule has 80 valence electrons. The highest BCUT2D eigenvalue weighted by Gasteiger charge is 2.07. The number of hydrogen-bond acceptors (Lipinski definition) is 3. The van der Waals surface area contributed by atoms with Gasteiger partial charge in [-0.15, -0.1) is 0 Å². The van der Waals surface area contributed by atoms with Crippen molar-refractivity contribution in [1.29, 1.82) is 5.26 Å². The Morgan fingerprint density at radius 3 is 3.00 bits per heavy atom. The Kier molecular flexibility index (Phi) is 2.46. The van der Waals surface area contributed by atoms with Gasteiger partial charge >= 0.3 is 0 Å². The standard InChI is InChI=1S/C10H8N4OS/c11-4-6-1-2-7-8(3-6)14(5-9(12)15)10(16)13-7/h1-3H,5H2,(H2,12,15)(H,13,16). The second-order valence-corrected chi connectivity index (χ2v) is 3.71. The lowest BCUT2D eigenvalue weighted by Crippen LogP contribution is -2.18. The van der Waals surface area contributed by atoms with Crippen LogP contribution in [0.3, 0.4) is 0 Å². The highest BCUT2D eigenvalue weighted by molar-refractivity contribution is 7.71. The molecule has 2 aromatic rings. The van der Waals surface area contributed by atoms with Gasteiger partial charge in [-0.2, -0.15) is 5.26 Å². The zero-order valence-corrected chi connectivity index (χ0v) is 9.04. The quantitative estimate of drug-likeness (QED) is 0.759. The normalized spacial score (nSPS) is 10.2. The lowest BCUT2D eigenvalue weighted by Gasteiger charge is -2.00. The molecule has 5 nitrogen and oxygen atoms in total. The highest BCUT2D eigenvalue weighted by Crippen LogP contribution is 2.15. The van der Waals surface area contributed by atoms with Crippen LogP contribution in [-0.2, 0) is 11.3 Å². The van der Waals surface area contributed by atoms with E-state index >= 15 is 0 Å². The minimum Gasteiger partial charge on any atom is -0.368 e. The average Bonchev–Trinajstić information content (AvgIpc) is 2.54. The maximum absolute atomic E-state index is 10.9. The molecule has 0 fully saturated rings. The number of nitriles is 1. The summed E-state index contributed by atoms with van der Waals surface area (Å²) in [6.07, 6.45) is 0. The number of rotatable bonds is 2. The fourth-order valence-electron chi connectivity index (χ4n) is 1.54. The van der Waals surface area contributed by atoms with Crippen LogP contribution in [0.2, 0.25) is 0 Å². The van der Waals surface area contributed by atoms with Crippen molar-refractivity contribution >= 4 is 29.2 Å². The molecule has 1 aromatic carbocycles. The number of aromatic nitrogens is 2. The Morgan fingerprint density at radius 2 is 2.38 bits per heavy atom. The molecule has 0 radical (unpaired) electrons. The summed E-state index contributed by atoms with van der Waals surface area (Å²) >= 11 is 5.07. The predicted octanol–water partition coefficient (Wildman–Crippen LogP) is 1.06. The smallest absolute Gasteiger partial charge is 0.237 e. The lowest BCUT2D eigenvalue weighted by atomic mass is 10.2. The summed E-state index contributed by atoms with van der Waals surface area (Å²) in [5.41, 5.74) is 7.14. The van der Waals surface area contributed by atoms with Gasteiger partial charge in [-0.25, -0.2) is 0 Å². The van der Waals surface area contributed by atoms with Crippen molar-refractivity contribution in [2.45, 2.75) is 6.54 Å². The van der Waals surface area contributed by atoms with Crippen molar-refractivity contribution in [3.05, 3.63) is 28.5 Å². The maximum atomic E-state index is 10.9. The Balaban J connectivity index is 2.71. The van der Waals surface area contributed by atoms with Crippen LogP contribution in [0.25, 0.3) is 11.0 Å².